The van der Waals surface area contributed by atoms with Crippen LogP contribution in [0.3, 0.4) is 0 Å². The maximum absolute atomic E-state index is 5.92. The SMILES string of the molecule is COc1ccc(-c2cnc(CN[C@H](C)c3ccc(Cl)cc3)o2)cc1. The molecule has 0 saturated carbocycles. The number of methoxy groups -OCH3 is 1. The molecule has 124 valence electrons. The van der Waals surface area contributed by atoms with Gasteiger partial charge >= 0.3 is 0 Å². The molecule has 0 fully saturated rings. The van der Waals surface area contributed by atoms with Crippen LogP contribution in [0.25, 0.3) is 11.3 Å². The maximum Gasteiger partial charge on any atom is 0.208 e. The summed E-state index contributed by atoms with van der Waals surface area (Å²) in [6, 6.07) is 15.7. The van der Waals surface area contributed by atoms with Gasteiger partial charge in [0.15, 0.2) is 5.76 Å². The van der Waals surface area contributed by atoms with Crippen molar-refractivity contribution in [1.82, 2.24) is 10.3 Å². The Bertz CT molecular complexity index is 782. The van der Waals surface area contributed by atoms with E-state index in [1.165, 1.54) is 5.56 Å². The standard InChI is InChI=1S/C19H19ClN2O2/c1-13(14-3-7-16(20)8-4-14)21-12-19-22-11-18(24-19)15-5-9-17(23-2)10-6-15/h3-11,13,21H,12H2,1-2H3/t13-/m1/s1. The molecule has 5 heteroatoms. The van der Waals surface area contributed by atoms with Gasteiger partial charge in [-0.25, -0.2) is 4.98 Å². The summed E-state index contributed by atoms with van der Waals surface area (Å²) in [7, 11) is 1.65. The predicted octanol–water partition coefficient (Wildman–Crippen LogP) is 4.85. The fourth-order valence-corrected chi connectivity index (χ4v) is 2.52. The Kier molecular flexibility index (Phi) is 5.18. The van der Waals surface area contributed by atoms with Crippen molar-refractivity contribution in [3.8, 4) is 17.1 Å². The van der Waals surface area contributed by atoms with Crippen LogP contribution in [-0.2, 0) is 6.54 Å². The van der Waals surface area contributed by atoms with E-state index in [4.69, 9.17) is 20.8 Å². The van der Waals surface area contributed by atoms with Gasteiger partial charge in [-0.2, -0.15) is 0 Å². The quantitative estimate of drug-likeness (QED) is 0.695. The molecule has 0 radical (unpaired) electrons. The van der Waals surface area contributed by atoms with E-state index in [-0.39, 0.29) is 6.04 Å². The molecule has 1 aromatic heterocycles. The molecule has 4 nitrogen and oxygen atoms in total. The molecule has 0 bridgehead atoms. The number of aromatic nitrogens is 1. The molecule has 0 aliphatic rings. The first-order valence-electron chi connectivity index (χ1n) is 7.73. The number of hydrogen-bond acceptors (Lipinski definition) is 4. The summed E-state index contributed by atoms with van der Waals surface area (Å²) in [4.78, 5) is 4.33. The molecule has 0 spiro atoms. The van der Waals surface area contributed by atoms with E-state index in [9.17, 15) is 0 Å². The second-order valence-corrected chi connectivity index (χ2v) is 5.94. The van der Waals surface area contributed by atoms with Crippen molar-refractivity contribution in [1.29, 1.82) is 0 Å². The van der Waals surface area contributed by atoms with Crippen molar-refractivity contribution in [2.45, 2.75) is 19.5 Å². The zero-order valence-electron chi connectivity index (χ0n) is 13.6. The van der Waals surface area contributed by atoms with Crippen molar-refractivity contribution in [2.75, 3.05) is 7.11 Å². The van der Waals surface area contributed by atoms with E-state index in [0.29, 0.717) is 12.4 Å². The monoisotopic (exact) mass is 342 g/mol. The van der Waals surface area contributed by atoms with Crippen molar-refractivity contribution in [2.24, 2.45) is 0 Å². The Morgan fingerprint density at radius 3 is 2.50 bits per heavy atom. The molecule has 1 N–H and O–H groups in total. The van der Waals surface area contributed by atoms with E-state index in [1.54, 1.807) is 13.3 Å². The summed E-state index contributed by atoms with van der Waals surface area (Å²) >= 11 is 5.92. The fraction of sp³-hybridized carbons (Fsp3) is 0.211. The minimum atomic E-state index is 0.179. The summed E-state index contributed by atoms with van der Waals surface area (Å²) in [5.41, 5.74) is 2.14. The largest absolute Gasteiger partial charge is 0.497 e. The number of rotatable bonds is 6. The van der Waals surface area contributed by atoms with Gasteiger partial charge < -0.3 is 14.5 Å². The van der Waals surface area contributed by atoms with E-state index in [0.717, 1.165) is 22.1 Å². The number of nitrogens with zero attached hydrogens (tertiary/aromatic N) is 1. The highest BCUT2D eigenvalue weighted by molar-refractivity contribution is 6.30. The third-order valence-electron chi connectivity index (χ3n) is 3.86. The average Bonchev–Trinajstić information content (AvgIpc) is 3.09. The van der Waals surface area contributed by atoms with Gasteiger partial charge in [0.1, 0.15) is 5.75 Å². The molecule has 3 rings (SSSR count). The third-order valence-corrected chi connectivity index (χ3v) is 4.11. The molecule has 24 heavy (non-hydrogen) atoms. The zero-order valence-corrected chi connectivity index (χ0v) is 14.4. The number of ether oxygens (including phenoxy) is 1. The Morgan fingerprint density at radius 2 is 1.83 bits per heavy atom. The van der Waals surface area contributed by atoms with E-state index < -0.39 is 0 Å². The Hall–Kier alpha value is -2.30. The highest BCUT2D eigenvalue weighted by Gasteiger charge is 2.09. The van der Waals surface area contributed by atoms with Crippen LogP contribution in [0.4, 0.5) is 0 Å². The lowest BCUT2D eigenvalue weighted by Gasteiger charge is -2.12. The molecule has 2 aromatic carbocycles. The van der Waals surface area contributed by atoms with Gasteiger partial charge in [0.25, 0.3) is 0 Å². The van der Waals surface area contributed by atoms with Crippen LogP contribution in [0.2, 0.25) is 5.02 Å². The van der Waals surface area contributed by atoms with Crippen molar-refractivity contribution in [3.05, 3.63) is 71.2 Å². The van der Waals surface area contributed by atoms with E-state index >= 15 is 0 Å². The summed E-state index contributed by atoms with van der Waals surface area (Å²) in [5, 5.41) is 4.14. The van der Waals surface area contributed by atoms with E-state index in [1.807, 2.05) is 48.5 Å². The van der Waals surface area contributed by atoms with Crippen LogP contribution < -0.4 is 10.1 Å². The minimum Gasteiger partial charge on any atom is -0.497 e. The Morgan fingerprint density at radius 1 is 1.12 bits per heavy atom. The summed E-state index contributed by atoms with van der Waals surface area (Å²) in [6.45, 7) is 2.65. The van der Waals surface area contributed by atoms with Gasteiger partial charge in [-0.05, 0) is 48.9 Å². The number of halogens is 1. The summed E-state index contributed by atoms with van der Waals surface area (Å²) in [5.74, 6) is 2.21. The number of oxazole rings is 1. The Balaban J connectivity index is 1.62. The molecular formula is C19H19ClN2O2. The van der Waals surface area contributed by atoms with Gasteiger partial charge in [-0.15, -0.1) is 0 Å². The highest BCUT2D eigenvalue weighted by Crippen LogP contribution is 2.23. The first-order chi connectivity index (χ1) is 11.7. The van der Waals surface area contributed by atoms with Crippen LogP contribution in [0.5, 0.6) is 5.75 Å². The minimum absolute atomic E-state index is 0.179. The Labute approximate surface area is 146 Å². The van der Waals surface area contributed by atoms with Gasteiger partial charge in [0.05, 0.1) is 19.9 Å². The third kappa shape index (κ3) is 3.96. The summed E-state index contributed by atoms with van der Waals surface area (Å²) in [6.07, 6.45) is 1.74. The molecule has 0 aliphatic carbocycles. The second-order valence-electron chi connectivity index (χ2n) is 5.50. The highest BCUT2D eigenvalue weighted by atomic mass is 35.5. The van der Waals surface area contributed by atoms with Crippen LogP contribution >= 0.6 is 11.6 Å². The molecule has 0 amide bonds. The molecule has 1 atom stereocenters. The first-order valence-corrected chi connectivity index (χ1v) is 8.11. The lowest BCUT2D eigenvalue weighted by molar-refractivity contribution is 0.414. The number of benzene rings is 2. The van der Waals surface area contributed by atoms with Crippen molar-refractivity contribution in [3.63, 3.8) is 0 Å². The summed E-state index contributed by atoms with van der Waals surface area (Å²) < 4.78 is 11.0. The maximum atomic E-state index is 5.92. The van der Waals surface area contributed by atoms with Gasteiger partial charge in [-0.3, -0.25) is 0 Å². The number of hydrogen-bond donors (Lipinski definition) is 1. The van der Waals surface area contributed by atoms with Crippen LogP contribution in [0.15, 0.2) is 59.1 Å². The van der Waals surface area contributed by atoms with Crippen LogP contribution in [-0.4, -0.2) is 12.1 Å². The predicted molar refractivity (Wildman–Crippen MR) is 95.2 cm³/mol. The van der Waals surface area contributed by atoms with Crippen molar-refractivity contribution >= 4 is 11.6 Å². The molecule has 0 aliphatic heterocycles. The van der Waals surface area contributed by atoms with Gasteiger partial charge in [0, 0.05) is 16.6 Å². The van der Waals surface area contributed by atoms with E-state index in [2.05, 4.69) is 17.2 Å². The smallest absolute Gasteiger partial charge is 0.208 e. The van der Waals surface area contributed by atoms with Crippen LogP contribution in [0.1, 0.15) is 24.4 Å². The topological polar surface area (TPSA) is 47.3 Å². The molecular weight excluding hydrogens is 324 g/mol. The molecule has 0 unspecified atom stereocenters. The van der Waals surface area contributed by atoms with Crippen LogP contribution in [0, 0.1) is 0 Å². The molecule has 3 aromatic rings. The lowest BCUT2D eigenvalue weighted by Crippen LogP contribution is -2.18. The number of nitrogens with one attached hydrogen (secondary N) is 1. The molecule has 1 heterocycles. The van der Waals surface area contributed by atoms with Gasteiger partial charge in [0.2, 0.25) is 5.89 Å². The molecule has 0 saturated heterocycles. The lowest BCUT2D eigenvalue weighted by atomic mass is 10.1. The zero-order chi connectivity index (χ0) is 16.9. The van der Waals surface area contributed by atoms with Crippen molar-refractivity contribution < 1.29 is 9.15 Å². The average molecular weight is 343 g/mol. The fourth-order valence-electron chi connectivity index (χ4n) is 2.39. The second kappa shape index (κ2) is 7.51. The normalized spacial score (nSPS) is 12.1. The first kappa shape index (κ1) is 16.6. The van der Waals surface area contributed by atoms with Gasteiger partial charge in [-0.1, -0.05) is 23.7 Å².